The van der Waals surface area contributed by atoms with Gasteiger partial charge in [-0.05, 0) is 6.07 Å². The van der Waals surface area contributed by atoms with Crippen LogP contribution in [0.3, 0.4) is 0 Å². The van der Waals surface area contributed by atoms with Crippen LogP contribution in [0, 0.1) is 0 Å². The molecule has 0 unspecified atom stereocenters. The van der Waals surface area contributed by atoms with Gasteiger partial charge in [0, 0.05) is 18.3 Å². The van der Waals surface area contributed by atoms with Gasteiger partial charge in [-0.15, -0.1) is 0 Å². The van der Waals surface area contributed by atoms with Gasteiger partial charge in [-0.1, -0.05) is 18.2 Å². The van der Waals surface area contributed by atoms with Gasteiger partial charge in [0.1, 0.15) is 6.10 Å². The van der Waals surface area contributed by atoms with Crippen molar-refractivity contribution in [2.75, 3.05) is 11.9 Å². The number of likely N-dealkylation sites (N-methyl/N-ethyl adjacent to an activating group) is 1. The van der Waals surface area contributed by atoms with Crippen molar-refractivity contribution in [2.24, 2.45) is 4.99 Å². The van der Waals surface area contributed by atoms with E-state index in [4.69, 9.17) is 4.74 Å². The highest BCUT2D eigenvalue weighted by Gasteiger charge is 2.72. The molecular formula is C12H9N3O3. The molecule has 6 nitrogen and oxygen atoms in total. The molecular weight excluding hydrogens is 234 g/mol. The van der Waals surface area contributed by atoms with Gasteiger partial charge in [0.15, 0.2) is 5.84 Å². The fourth-order valence-electron chi connectivity index (χ4n) is 2.73. The Kier molecular flexibility index (Phi) is 1.51. The first-order chi connectivity index (χ1) is 8.64. The number of anilines is 1. The van der Waals surface area contributed by atoms with E-state index in [2.05, 4.69) is 10.3 Å². The molecule has 0 radical (unpaired) electrons. The Bertz CT molecular complexity index is 639. The monoisotopic (exact) mass is 243 g/mol. The Labute approximate surface area is 102 Å². The number of benzene rings is 1. The predicted molar refractivity (Wildman–Crippen MR) is 62.4 cm³/mol. The van der Waals surface area contributed by atoms with Gasteiger partial charge < -0.3 is 9.64 Å². The quantitative estimate of drug-likeness (QED) is 0.677. The number of para-hydroxylation sites is 1. The molecule has 0 aliphatic carbocycles. The summed E-state index contributed by atoms with van der Waals surface area (Å²) in [6, 6.07) is 7.00. The second-order valence-corrected chi connectivity index (χ2v) is 4.55. The highest BCUT2D eigenvalue weighted by molar-refractivity contribution is 6.29. The Morgan fingerprint density at radius 3 is 3.00 bits per heavy atom. The first-order valence-corrected chi connectivity index (χ1v) is 5.59. The standard InChI is InChI=1S/C12H9N3O3/c1-15-7-5-3-2-4-6(7)8-12(18-8)9(15)13-11(17)14-10(12)16/h2-5,8H,1H3,(H,14,16,17)/t8-,12-/m1/s1. The van der Waals surface area contributed by atoms with Crippen LogP contribution in [0.5, 0.6) is 0 Å². The highest BCUT2D eigenvalue weighted by Crippen LogP contribution is 2.57. The lowest BCUT2D eigenvalue weighted by molar-refractivity contribution is -0.123. The number of epoxide rings is 1. The summed E-state index contributed by atoms with van der Waals surface area (Å²) in [7, 11) is 1.78. The smallest absolute Gasteiger partial charge is 0.343 e. The molecule has 2 atom stereocenters. The third-order valence-corrected chi connectivity index (χ3v) is 3.61. The van der Waals surface area contributed by atoms with Crippen LogP contribution in [0.4, 0.5) is 10.5 Å². The molecule has 4 rings (SSSR count). The first-order valence-electron chi connectivity index (χ1n) is 5.59. The van der Waals surface area contributed by atoms with Crippen molar-refractivity contribution in [1.82, 2.24) is 5.32 Å². The zero-order valence-electron chi connectivity index (χ0n) is 9.51. The first kappa shape index (κ1) is 9.78. The van der Waals surface area contributed by atoms with E-state index in [0.29, 0.717) is 5.84 Å². The van der Waals surface area contributed by atoms with Crippen LogP contribution in [0.1, 0.15) is 11.7 Å². The molecule has 1 saturated heterocycles. The van der Waals surface area contributed by atoms with Gasteiger partial charge in [-0.25, -0.2) is 4.79 Å². The SMILES string of the molecule is CN1C2=NC(=O)NC(=O)[C@]23O[C@@H]3c2ccccc21. The second kappa shape index (κ2) is 2.78. The average molecular weight is 243 g/mol. The number of carbonyl (C=O) groups excluding carboxylic acids is 2. The van der Waals surface area contributed by atoms with Crippen molar-refractivity contribution in [3.05, 3.63) is 29.8 Å². The molecule has 6 heteroatoms. The van der Waals surface area contributed by atoms with Gasteiger partial charge in [0.2, 0.25) is 5.60 Å². The van der Waals surface area contributed by atoms with E-state index in [0.717, 1.165) is 11.3 Å². The Hall–Kier alpha value is -2.21. The summed E-state index contributed by atoms with van der Waals surface area (Å²) in [6.45, 7) is 0. The van der Waals surface area contributed by atoms with Crippen LogP contribution in [-0.4, -0.2) is 30.4 Å². The number of aliphatic imine (C=N–C) groups is 1. The number of nitrogens with zero attached hydrogens (tertiary/aromatic N) is 2. The number of nitrogens with one attached hydrogen (secondary N) is 1. The van der Waals surface area contributed by atoms with Crippen molar-refractivity contribution in [3.63, 3.8) is 0 Å². The molecule has 1 N–H and O–H groups in total. The fraction of sp³-hybridized carbons (Fsp3) is 0.250. The maximum atomic E-state index is 12.0. The summed E-state index contributed by atoms with van der Waals surface area (Å²) >= 11 is 0. The van der Waals surface area contributed by atoms with Gasteiger partial charge >= 0.3 is 6.03 Å². The minimum absolute atomic E-state index is 0.336. The van der Waals surface area contributed by atoms with E-state index >= 15 is 0 Å². The van der Waals surface area contributed by atoms with Crippen LogP contribution in [0.25, 0.3) is 0 Å². The van der Waals surface area contributed by atoms with Gasteiger partial charge in [-0.2, -0.15) is 4.99 Å². The topological polar surface area (TPSA) is 74.3 Å². The van der Waals surface area contributed by atoms with E-state index in [1.807, 2.05) is 24.3 Å². The maximum Gasteiger partial charge on any atom is 0.349 e. The minimum Gasteiger partial charge on any atom is -0.343 e. The molecule has 1 aromatic rings. The second-order valence-electron chi connectivity index (χ2n) is 4.55. The molecule has 1 fully saturated rings. The van der Waals surface area contributed by atoms with Crippen LogP contribution in [0.2, 0.25) is 0 Å². The molecule has 3 aliphatic rings. The Morgan fingerprint density at radius 2 is 2.17 bits per heavy atom. The zero-order chi connectivity index (χ0) is 12.5. The molecule has 3 amide bonds. The number of imide groups is 1. The van der Waals surface area contributed by atoms with E-state index in [9.17, 15) is 9.59 Å². The summed E-state index contributed by atoms with van der Waals surface area (Å²) in [5.74, 6) is -0.0520. The lowest BCUT2D eigenvalue weighted by Crippen LogP contribution is -2.57. The van der Waals surface area contributed by atoms with Gasteiger partial charge in [-0.3, -0.25) is 10.1 Å². The lowest BCUT2D eigenvalue weighted by atomic mass is 9.90. The summed E-state index contributed by atoms with van der Waals surface area (Å²) < 4.78 is 5.59. The van der Waals surface area contributed by atoms with Crippen LogP contribution in [0.15, 0.2) is 29.3 Å². The lowest BCUT2D eigenvalue weighted by Gasteiger charge is -2.32. The number of rotatable bonds is 0. The van der Waals surface area contributed by atoms with Gasteiger partial charge in [0.25, 0.3) is 5.91 Å². The van der Waals surface area contributed by atoms with Crippen molar-refractivity contribution in [3.8, 4) is 0 Å². The molecule has 0 saturated carbocycles. The zero-order valence-corrected chi connectivity index (χ0v) is 9.51. The Morgan fingerprint density at radius 1 is 1.39 bits per heavy atom. The molecule has 0 bridgehead atoms. The molecule has 18 heavy (non-hydrogen) atoms. The predicted octanol–water partition coefficient (Wildman–Crippen LogP) is 0.595. The average Bonchev–Trinajstić information content (AvgIpc) is 3.10. The number of hydrogen-bond donors (Lipinski definition) is 1. The molecule has 1 spiro atoms. The number of hydrogen-bond acceptors (Lipinski definition) is 4. The van der Waals surface area contributed by atoms with Crippen LogP contribution in [-0.2, 0) is 9.53 Å². The van der Waals surface area contributed by atoms with E-state index in [-0.39, 0.29) is 6.10 Å². The number of amides is 3. The number of urea groups is 1. The van der Waals surface area contributed by atoms with Crippen LogP contribution >= 0.6 is 0 Å². The molecule has 3 aliphatic heterocycles. The summed E-state index contributed by atoms with van der Waals surface area (Å²) in [6.07, 6.45) is -0.336. The summed E-state index contributed by atoms with van der Waals surface area (Å²) in [4.78, 5) is 29.0. The van der Waals surface area contributed by atoms with E-state index < -0.39 is 17.5 Å². The Balaban J connectivity index is 1.98. The molecule has 90 valence electrons. The van der Waals surface area contributed by atoms with Crippen LogP contribution < -0.4 is 10.2 Å². The third-order valence-electron chi connectivity index (χ3n) is 3.61. The summed E-state index contributed by atoms with van der Waals surface area (Å²) in [5.41, 5.74) is 0.761. The minimum atomic E-state index is -1.10. The maximum absolute atomic E-state index is 12.0. The number of fused-ring (bicyclic) bond motifs is 2. The molecule has 3 heterocycles. The van der Waals surface area contributed by atoms with E-state index in [1.54, 1.807) is 11.9 Å². The number of ether oxygens (including phenoxy) is 1. The number of amidine groups is 1. The number of carbonyl (C=O) groups is 2. The normalized spacial score (nSPS) is 31.9. The van der Waals surface area contributed by atoms with Crippen molar-refractivity contribution in [2.45, 2.75) is 11.7 Å². The fourth-order valence-corrected chi connectivity index (χ4v) is 2.73. The van der Waals surface area contributed by atoms with E-state index in [1.165, 1.54) is 0 Å². The third kappa shape index (κ3) is 0.910. The molecule has 0 aromatic heterocycles. The van der Waals surface area contributed by atoms with Crippen molar-refractivity contribution in [1.29, 1.82) is 0 Å². The largest absolute Gasteiger partial charge is 0.349 e. The highest BCUT2D eigenvalue weighted by atomic mass is 16.6. The van der Waals surface area contributed by atoms with Crippen molar-refractivity contribution < 1.29 is 14.3 Å². The van der Waals surface area contributed by atoms with Crippen molar-refractivity contribution >= 4 is 23.5 Å². The molecule has 1 aromatic carbocycles. The van der Waals surface area contributed by atoms with Gasteiger partial charge in [0.05, 0.1) is 0 Å². The summed E-state index contributed by atoms with van der Waals surface area (Å²) in [5, 5.41) is 2.19.